The first-order chi connectivity index (χ1) is 9.33. The average molecular weight is 261 g/mol. The van der Waals surface area contributed by atoms with Gasteiger partial charge in [0, 0.05) is 12.4 Å². The molecule has 2 aromatic rings. The quantitative estimate of drug-likeness (QED) is 0.820. The summed E-state index contributed by atoms with van der Waals surface area (Å²) in [5.74, 6) is 1.68. The van der Waals surface area contributed by atoms with E-state index in [-0.39, 0.29) is 0 Å². The molecule has 0 aliphatic heterocycles. The zero-order valence-electron chi connectivity index (χ0n) is 11.1. The van der Waals surface area contributed by atoms with Crippen molar-refractivity contribution in [2.24, 2.45) is 5.73 Å². The summed E-state index contributed by atoms with van der Waals surface area (Å²) in [6, 6.07) is 7.68. The van der Waals surface area contributed by atoms with Crippen molar-refractivity contribution in [1.29, 1.82) is 0 Å². The summed E-state index contributed by atoms with van der Waals surface area (Å²) >= 11 is 0. The van der Waals surface area contributed by atoms with Gasteiger partial charge in [0.15, 0.2) is 0 Å². The van der Waals surface area contributed by atoms with E-state index in [0.717, 1.165) is 30.0 Å². The van der Waals surface area contributed by atoms with Crippen molar-refractivity contribution in [1.82, 2.24) is 9.78 Å². The Kier molecular flexibility index (Phi) is 4.80. The summed E-state index contributed by atoms with van der Waals surface area (Å²) in [5, 5.41) is 4.13. The maximum atomic E-state index is 5.79. The Hall–Kier alpha value is -2.01. The number of rotatable bonds is 7. The zero-order valence-corrected chi connectivity index (χ0v) is 11.1. The lowest BCUT2D eigenvalue weighted by atomic mass is 10.1. The second kappa shape index (κ2) is 6.80. The van der Waals surface area contributed by atoms with E-state index in [4.69, 9.17) is 15.2 Å². The first-order valence-corrected chi connectivity index (χ1v) is 6.30. The topological polar surface area (TPSA) is 62.3 Å². The molecule has 0 saturated carbocycles. The molecule has 1 aromatic heterocycles. The van der Waals surface area contributed by atoms with Gasteiger partial charge in [-0.25, -0.2) is 0 Å². The number of methoxy groups -OCH3 is 1. The van der Waals surface area contributed by atoms with Crippen molar-refractivity contribution in [2.45, 2.75) is 13.0 Å². The van der Waals surface area contributed by atoms with E-state index in [0.29, 0.717) is 13.2 Å². The Labute approximate surface area is 112 Å². The molecule has 2 N–H and O–H groups in total. The second-order valence-electron chi connectivity index (χ2n) is 4.13. The molecule has 0 radical (unpaired) electrons. The summed E-state index contributed by atoms with van der Waals surface area (Å²) in [6.07, 6.45) is 4.44. The fourth-order valence-corrected chi connectivity index (χ4v) is 1.86. The average Bonchev–Trinajstić information content (AvgIpc) is 2.94. The van der Waals surface area contributed by atoms with Crippen molar-refractivity contribution in [3.05, 3.63) is 42.2 Å². The molecule has 0 saturated heterocycles. The van der Waals surface area contributed by atoms with Gasteiger partial charge >= 0.3 is 0 Å². The van der Waals surface area contributed by atoms with E-state index in [1.54, 1.807) is 13.3 Å². The molecule has 1 heterocycles. The first-order valence-electron chi connectivity index (χ1n) is 6.30. The minimum Gasteiger partial charge on any atom is -0.497 e. The summed E-state index contributed by atoms with van der Waals surface area (Å²) in [7, 11) is 1.65. The Morgan fingerprint density at radius 3 is 2.95 bits per heavy atom. The number of aromatic nitrogens is 2. The highest BCUT2D eigenvalue weighted by Gasteiger charge is 2.05. The third kappa shape index (κ3) is 3.72. The number of ether oxygens (including phenoxy) is 2. The molecule has 0 spiro atoms. The number of benzene rings is 1. The van der Waals surface area contributed by atoms with Gasteiger partial charge in [0.1, 0.15) is 18.1 Å². The highest BCUT2D eigenvalue weighted by Crippen LogP contribution is 2.24. The van der Waals surface area contributed by atoms with Crippen LogP contribution in [0.15, 0.2) is 36.7 Å². The normalized spacial score (nSPS) is 10.4. The minimum atomic E-state index is 0.575. The molecular weight excluding hydrogens is 242 g/mol. The highest BCUT2D eigenvalue weighted by molar-refractivity contribution is 5.40. The zero-order chi connectivity index (χ0) is 13.5. The fourth-order valence-electron chi connectivity index (χ4n) is 1.86. The predicted molar refractivity (Wildman–Crippen MR) is 73.5 cm³/mol. The van der Waals surface area contributed by atoms with Gasteiger partial charge in [-0.3, -0.25) is 4.68 Å². The smallest absolute Gasteiger partial charge is 0.122 e. The van der Waals surface area contributed by atoms with Crippen LogP contribution in [-0.4, -0.2) is 30.0 Å². The van der Waals surface area contributed by atoms with Crippen LogP contribution in [0.3, 0.4) is 0 Å². The third-order valence-corrected chi connectivity index (χ3v) is 2.82. The standard InChI is InChI=1S/C14H19N3O2/c1-18-13-3-4-14(12(11-13)5-6-15)19-10-9-17-8-2-7-16-17/h2-4,7-8,11H,5-6,9-10,15H2,1H3. The van der Waals surface area contributed by atoms with Crippen LogP contribution >= 0.6 is 0 Å². The maximum Gasteiger partial charge on any atom is 0.122 e. The lowest BCUT2D eigenvalue weighted by Crippen LogP contribution is -2.10. The van der Waals surface area contributed by atoms with Crippen LogP contribution in [0.4, 0.5) is 0 Å². The van der Waals surface area contributed by atoms with Gasteiger partial charge in [0.05, 0.1) is 13.7 Å². The summed E-state index contributed by atoms with van der Waals surface area (Å²) < 4.78 is 12.8. The molecule has 0 atom stereocenters. The second-order valence-corrected chi connectivity index (χ2v) is 4.13. The summed E-state index contributed by atoms with van der Waals surface area (Å²) in [6.45, 7) is 1.88. The Morgan fingerprint density at radius 2 is 2.26 bits per heavy atom. The van der Waals surface area contributed by atoms with Crippen molar-refractivity contribution >= 4 is 0 Å². The van der Waals surface area contributed by atoms with Gasteiger partial charge in [-0.15, -0.1) is 0 Å². The molecule has 0 fully saturated rings. The van der Waals surface area contributed by atoms with Gasteiger partial charge in [0.2, 0.25) is 0 Å². The summed E-state index contributed by atoms with van der Waals surface area (Å²) in [4.78, 5) is 0. The van der Waals surface area contributed by atoms with E-state index in [1.807, 2.05) is 35.1 Å². The largest absolute Gasteiger partial charge is 0.497 e. The van der Waals surface area contributed by atoms with E-state index in [2.05, 4.69) is 5.10 Å². The lowest BCUT2D eigenvalue weighted by molar-refractivity contribution is 0.288. The first kappa shape index (κ1) is 13.4. The molecule has 2 rings (SSSR count). The lowest BCUT2D eigenvalue weighted by Gasteiger charge is -2.12. The maximum absolute atomic E-state index is 5.79. The van der Waals surface area contributed by atoms with Crippen molar-refractivity contribution in [3.63, 3.8) is 0 Å². The predicted octanol–water partition coefficient (Wildman–Crippen LogP) is 1.47. The monoisotopic (exact) mass is 261 g/mol. The van der Waals surface area contributed by atoms with Crippen molar-refractivity contribution < 1.29 is 9.47 Å². The molecule has 0 amide bonds. The molecule has 0 unspecified atom stereocenters. The molecule has 0 aliphatic carbocycles. The number of hydrogen-bond acceptors (Lipinski definition) is 4. The molecular formula is C14H19N3O2. The minimum absolute atomic E-state index is 0.575. The van der Waals surface area contributed by atoms with Crippen LogP contribution in [0.5, 0.6) is 11.5 Å². The summed E-state index contributed by atoms with van der Waals surface area (Å²) in [5.41, 5.74) is 6.69. The number of hydrogen-bond donors (Lipinski definition) is 1. The number of nitrogens with two attached hydrogens (primary N) is 1. The highest BCUT2D eigenvalue weighted by atomic mass is 16.5. The van der Waals surface area contributed by atoms with Crippen LogP contribution < -0.4 is 15.2 Å². The van der Waals surface area contributed by atoms with Crippen LogP contribution in [0.2, 0.25) is 0 Å². The van der Waals surface area contributed by atoms with Crippen LogP contribution in [0, 0.1) is 0 Å². The molecule has 102 valence electrons. The van der Waals surface area contributed by atoms with Crippen LogP contribution in [0.1, 0.15) is 5.56 Å². The SMILES string of the molecule is COc1ccc(OCCn2cccn2)c(CCN)c1. The Balaban J connectivity index is 1.98. The fraction of sp³-hybridized carbons (Fsp3) is 0.357. The van der Waals surface area contributed by atoms with E-state index in [9.17, 15) is 0 Å². The van der Waals surface area contributed by atoms with E-state index < -0.39 is 0 Å². The Morgan fingerprint density at radius 1 is 1.37 bits per heavy atom. The Bertz CT molecular complexity index is 497. The molecule has 1 aromatic carbocycles. The van der Waals surface area contributed by atoms with Gasteiger partial charge in [-0.1, -0.05) is 0 Å². The number of nitrogens with zero attached hydrogens (tertiary/aromatic N) is 2. The molecule has 0 bridgehead atoms. The van der Waals surface area contributed by atoms with E-state index in [1.165, 1.54) is 0 Å². The van der Waals surface area contributed by atoms with Gasteiger partial charge < -0.3 is 15.2 Å². The van der Waals surface area contributed by atoms with Crippen molar-refractivity contribution in [3.8, 4) is 11.5 Å². The van der Waals surface area contributed by atoms with Crippen LogP contribution in [0.25, 0.3) is 0 Å². The van der Waals surface area contributed by atoms with E-state index >= 15 is 0 Å². The van der Waals surface area contributed by atoms with Gasteiger partial charge in [-0.2, -0.15) is 5.10 Å². The third-order valence-electron chi connectivity index (χ3n) is 2.82. The van der Waals surface area contributed by atoms with Crippen molar-refractivity contribution in [2.75, 3.05) is 20.3 Å². The van der Waals surface area contributed by atoms with Crippen LogP contribution in [-0.2, 0) is 13.0 Å². The van der Waals surface area contributed by atoms with Gasteiger partial charge in [-0.05, 0) is 42.8 Å². The molecule has 5 nitrogen and oxygen atoms in total. The van der Waals surface area contributed by atoms with Gasteiger partial charge in [0.25, 0.3) is 0 Å². The molecule has 5 heteroatoms. The molecule has 0 aliphatic rings. The molecule has 19 heavy (non-hydrogen) atoms.